The van der Waals surface area contributed by atoms with Crippen LogP contribution in [0.25, 0.3) is 0 Å². The van der Waals surface area contributed by atoms with Gasteiger partial charge in [-0.1, -0.05) is 19.9 Å². The predicted molar refractivity (Wildman–Crippen MR) is 76.5 cm³/mol. The monoisotopic (exact) mass is 291 g/mol. The maximum absolute atomic E-state index is 11.1. The SMILES string of the molecule is C=CCCC(C)(C)CC(CCS(=O)(=O)O)NC(C)=O. The van der Waals surface area contributed by atoms with E-state index in [2.05, 4.69) is 25.7 Å². The number of allylic oxidation sites excluding steroid dienone is 1. The van der Waals surface area contributed by atoms with Crippen molar-refractivity contribution in [2.24, 2.45) is 5.41 Å². The van der Waals surface area contributed by atoms with Gasteiger partial charge in [0.25, 0.3) is 10.1 Å². The fraction of sp³-hybridized carbons (Fsp3) is 0.769. The first-order valence-electron chi connectivity index (χ1n) is 6.39. The molecule has 0 heterocycles. The zero-order chi connectivity index (χ0) is 15.1. The van der Waals surface area contributed by atoms with E-state index in [0.717, 1.165) is 12.8 Å². The Morgan fingerprint density at radius 2 is 2.05 bits per heavy atom. The lowest BCUT2D eigenvalue weighted by atomic mass is 9.81. The molecule has 0 radical (unpaired) electrons. The van der Waals surface area contributed by atoms with E-state index in [-0.39, 0.29) is 29.5 Å². The number of hydrogen-bond donors (Lipinski definition) is 2. The van der Waals surface area contributed by atoms with Crippen molar-refractivity contribution < 1.29 is 17.8 Å². The molecule has 1 atom stereocenters. The Morgan fingerprint density at radius 3 is 2.47 bits per heavy atom. The van der Waals surface area contributed by atoms with Gasteiger partial charge in [-0.2, -0.15) is 8.42 Å². The molecule has 5 nitrogen and oxygen atoms in total. The van der Waals surface area contributed by atoms with Crippen molar-refractivity contribution in [3.05, 3.63) is 12.7 Å². The Morgan fingerprint density at radius 1 is 1.47 bits per heavy atom. The van der Waals surface area contributed by atoms with E-state index in [1.807, 2.05) is 6.08 Å². The second kappa shape index (κ2) is 7.65. The third-order valence-electron chi connectivity index (χ3n) is 2.96. The molecule has 1 unspecified atom stereocenters. The molecule has 112 valence electrons. The summed E-state index contributed by atoms with van der Waals surface area (Å²) < 4.78 is 30.4. The van der Waals surface area contributed by atoms with Crippen LogP contribution in [0.5, 0.6) is 0 Å². The maximum Gasteiger partial charge on any atom is 0.264 e. The largest absolute Gasteiger partial charge is 0.354 e. The molecule has 0 aromatic rings. The third-order valence-corrected chi connectivity index (χ3v) is 3.71. The van der Waals surface area contributed by atoms with Crippen LogP contribution >= 0.6 is 0 Å². The van der Waals surface area contributed by atoms with E-state index in [1.165, 1.54) is 6.92 Å². The summed E-state index contributed by atoms with van der Waals surface area (Å²) in [7, 11) is -3.99. The van der Waals surface area contributed by atoms with Gasteiger partial charge >= 0.3 is 0 Å². The van der Waals surface area contributed by atoms with Gasteiger partial charge in [0.05, 0.1) is 5.75 Å². The molecule has 0 rings (SSSR count). The molecule has 1 amide bonds. The molecule has 0 aliphatic carbocycles. The highest BCUT2D eigenvalue weighted by molar-refractivity contribution is 7.85. The predicted octanol–water partition coefficient (Wildman–Crippen LogP) is 2.15. The Labute approximate surface area is 116 Å². The minimum atomic E-state index is -3.99. The summed E-state index contributed by atoms with van der Waals surface area (Å²) >= 11 is 0. The lowest BCUT2D eigenvalue weighted by Gasteiger charge is -2.29. The Kier molecular flexibility index (Phi) is 7.29. The highest BCUT2D eigenvalue weighted by atomic mass is 32.2. The fourth-order valence-corrected chi connectivity index (χ4v) is 2.65. The highest BCUT2D eigenvalue weighted by Gasteiger charge is 2.24. The molecule has 2 N–H and O–H groups in total. The Bertz CT molecular complexity index is 401. The standard InChI is InChI=1S/C13H25NO4S/c1-5-6-8-13(3,4)10-12(14-11(2)15)7-9-19(16,17)18/h5,12H,1,6-10H2,2-4H3,(H,14,15)(H,16,17,18). The van der Waals surface area contributed by atoms with Crippen LogP contribution in [-0.4, -0.2) is 30.7 Å². The van der Waals surface area contributed by atoms with Gasteiger partial charge in [0.1, 0.15) is 0 Å². The number of carbonyl (C=O) groups excluding carboxylic acids is 1. The average molecular weight is 291 g/mol. The lowest BCUT2D eigenvalue weighted by molar-refractivity contribution is -0.119. The molecular weight excluding hydrogens is 266 g/mol. The first-order chi connectivity index (χ1) is 8.56. The van der Waals surface area contributed by atoms with Crippen molar-refractivity contribution in [3.8, 4) is 0 Å². The van der Waals surface area contributed by atoms with E-state index in [1.54, 1.807) is 0 Å². The van der Waals surface area contributed by atoms with Gasteiger partial charge in [-0.3, -0.25) is 9.35 Å². The molecule has 0 bridgehead atoms. The fourth-order valence-electron chi connectivity index (χ4n) is 2.07. The lowest BCUT2D eigenvalue weighted by Crippen LogP contribution is -2.38. The first-order valence-corrected chi connectivity index (χ1v) is 8.00. The van der Waals surface area contributed by atoms with Crippen molar-refractivity contribution >= 4 is 16.0 Å². The van der Waals surface area contributed by atoms with Crippen LogP contribution in [0.2, 0.25) is 0 Å². The summed E-state index contributed by atoms with van der Waals surface area (Å²) in [5.74, 6) is -0.532. The van der Waals surface area contributed by atoms with Crippen LogP contribution in [-0.2, 0) is 14.9 Å². The Balaban J connectivity index is 4.57. The number of rotatable bonds is 9. The Hall–Kier alpha value is -0.880. The van der Waals surface area contributed by atoms with Crippen molar-refractivity contribution in [1.82, 2.24) is 5.32 Å². The van der Waals surface area contributed by atoms with Gasteiger partial charge in [-0.15, -0.1) is 6.58 Å². The molecular formula is C13H25NO4S. The van der Waals surface area contributed by atoms with Gasteiger partial charge in [0, 0.05) is 13.0 Å². The van der Waals surface area contributed by atoms with E-state index >= 15 is 0 Å². The van der Waals surface area contributed by atoms with Crippen LogP contribution < -0.4 is 5.32 Å². The van der Waals surface area contributed by atoms with E-state index in [0.29, 0.717) is 6.42 Å². The second-order valence-corrected chi connectivity index (χ2v) is 7.24. The van der Waals surface area contributed by atoms with E-state index in [9.17, 15) is 13.2 Å². The molecule has 19 heavy (non-hydrogen) atoms. The molecule has 0 aromatic heterocycles. The van der Waals surface area contributed by atoms with Gasteiger partial charge in [0.15, 0.2) is 0 Å². The number of nitrogens with one attached hydrogen (secondary N) is 1. The van der Waals surface area contributed by atoms with Gasteiger partial charge < -0.3 is 5.32 Å². The summed E-state index contributed by atoms with van der Waals surface area (Å²) in [6.45, 7) is 9.21. The van der Waals surface area contributed by atoms with Crippen molar-refractivity contribution in [2.75, 3.05) is 5.75 Å². The smallest absolute Gasteiger partial charge is 0.264 e. The van der Waals surface area contributed by atoms with Crippen molar-refractivity contribution in [1.29, 1.82) is 0 Å². The number of carbonyl (C=O) groups is 1. The molecule has 0 aromatic carbocycles. The molecule has 0 saturated carbocycles. The summed E-state index contributed by atoms with van der Waals surface area (Å²) in [6.07, 6.45) is 4.51. The van der Waals surface area contributed by atoms with Crippen LogP contribution in [0, 0.1) is 5.41 Å². The topological polar surface area (TPSA) is 83.5 Å². The third kappa shape index (κ3) is 10.7. The van der Waals surface area contributed by atoms with Crippen LogP contribution in [0.3, 0.4) is 0 Å². The minimum Gasteiger partial charge on any atom is -0.354 e. The van der Waals surface area contributed by atoms with E-state index < -0.39 is 10.1 Å². The van der Waals surface area contributed by atoms with Gasteiger partial charge in [-0.25, -0.2) is 0 Å². The van der Waals surface area contributed by atoms with Crippen molar-refractivity contribution in [3.63, 3.8) is 0 Å². The molecule has 0 aliphatic heterocycles. The molecule has 0 fully saturated rings. The summed E-state index contributed by atoms with van der Waals surface area (Å²) in [4.78, 5) is 11.1. The number of amides is 1. The maximum atomic E-state index is 11.1. The van der Waals surface area contributed by atoms with Gasteiger partial charge in [0.2, 0.25) is 5.91 Å². The molecule has 0 aliphatic rings. The highest BCUT2D eigenvalue weighted by Crippen LogP contribution is 2.29. The van der Waals surface area contributed by atoms with Crippen LogP contribution in [0.1, 0.15) is 46.5 Å². The average Bonchev–Trinajstić information content (AvgIpc) is 2.21. The zero-order valence-electron chi connectivity index (χ0n) is 12.0. The van der Waals surface area contributed by atoms with Gasteiger partial charge in [-0.05, 0) is 31.1 Å². The molecule has 6 heteroatoms. The van der Waals surface area contributed by atoms with Crippen molar-refractivity contribution in [2.45, 2.75) is 52.5 Å². The molecule has 0 saturated heterocycles. The first kappa shape index (κ1) is 18.1. The summed E-state index contributed by atoms with van der Waals surface area (Å²) in [5.41, 5.74) is -0.0273. The van der Waals surface area contributed by atoms with Crippen LogP contribution in [0.15, 0.2) is 12.7 Å². The quantitative estimate of drug-likeness (QED) is 0.503. The zero-order valence-corrected chi connectivity index (χ0v) is 12.8. The summed E-state index contributed by atoms with van der Waals surface area (Å²) in [5, 5.41) is 2.74. The second-order valence-electron chi connectivity index (χ2n) is 5.67. The van der Waals surface area contributed by atoms with Crippen LogP contribution in [0.4, 0.5) is 0 Å². The minimum absolute atomic E-state index is 0.0273. The number of hydrogen-bond acceptors (Lipinski definition) is 3. The summed E-state index contributed by atoms with van der Waals surface area (Å²) in [6, 6.07) is -0.251. The van der Waals surface area contributed by atoms with E-state index in [4.69, 9.17) is 4.55 Å². The normalized spacial score (nSPS) is 13.9. The molecule has 0 spiro atoms.